The van der Waals surface area contributed by atoms with Crippen molar-refractivity contribution in [2.45, 2.75) is 37.9 Å². The molecule has 3 fully saturated rings. The standard InChI is InChI=1S/C20H25ClN4O3/c21-15-3-1-14(2-4-15)12-25-19(27)11-17(20(25)28)24-9-7-23(8-10-24)13-18(26)22-16-5-6-16/h1-4,16-17H,5-13H2,(H,22,26)/t17-/m1/s1. The van der Waals surface area contributed by atoms with Gasteiger partial charge in [0.15, 0.2) is 0 Å². The Hall–Kier alpha value is -1.96. The molecule has 1 aromatic carbocycles. The number of imide groups is 1. The molecule has 7 nitrogen and oxygen atoms in total. The van der Waals surface area contributed by atoms with E-state index in [1.165, 1.54) is 4.90 Å². The van der Waals surface area contributed by atoms with Gasteiger partial charge >= 0.3 is 0 Å². The van der Waals surface area contributed by atoms with Gasteiger partial charge in [-0.2, -0.15) is 0 Å². The molecule has 0 aromatic heterocycles. The van der Waals surface area contributed by atoms with Crippen molar-refractivity contribution >= 4 is 29.3 Å². The van der Waals surface area contributed by atoms with E-state index < -0.39 is 0 Å². The number of rotatable bonds is 6. The number of carbonyl (C=O) groups is 3. The Bertz CT molecular complexity index is 757. The zero-order valence-electron chi connectivity index (χ0n) is 15.8. The fraction of sp³-hybridized carbons (Fsp3) is 0.550. The zero-order chi connectivity index (χ0) is 19.7. The minimum atomic E-state index is -0.387. The van der Waals surface area contributed by atoms with Gasteiger partial charge in [0.25, 0.3) is 0 Å². The summed E-state index contributed by atoms with van der Waals surface area (Å²) in [5.41, 5.74) is 0.887. The number of amides is 3. The number of carbonyl (C=O) groups excluding carboxylic acids is 3. The van der Waals surface area contributed by atoms with Gasteiger partial charge < -0.3 is 5.32 Å². The first-order chi connectivity index (χ1) is 13.5. The molecule has 3 amide bonds. The van der Waals surface area contributed by atoms with Crippen molar-refractivity contribution in [2.75, 3.05) is 32.7 Å². The summed E-state index contributed by atoms with van der Waals surface area (Å²) in [5, 5.41) is 3.63. The maximum absolute atomic E-state index is 12.8. The summed E-state index contributed by atoms with van der Waals surface area (Å²) in [6.07, 6.45) is 2.41. The lowest BCUT2D eigenvalue weighted by Crippen LogP contribution is -2.54. The Morgan fingerprint density at radius 3 is 2.39 bits per heavy atom. The molecule has 1 saturated carbocycles. The van der Waals surface area contributed by atoms with Crippen LogP contribution in [0.4, 0.5) is 0 Å². The average Bonchev–Trinajstić information content (AvgIpc) is 3.44. The van der Waals surface area contributed by atoms with E-state index in [2.05, 4.69) is 15.1 Å². The van der Waals surface area contributed by atoms with Crippen molar-refractivity contribution < 1.29 is 14.4 Å². The van der Waals surface area contributed by atoms with E-state index in [-0.39, 0.29) is 36.7 Å². The molecule has 2 heterocycles. The summed E-state index contributed by atoms with van der Waals surface area (Å²) in [7, 11) is 0. The molecular formula is C20H25ClN4O3. The molecule has 28 heavy (non-hydrogen) atoms. The van der Waals surface area contributed by atoms with Gasteiger partial charge in [-0.3, -0.25) is 29.1 Å². The van der Waals surface area contributed by atoms with Crippen molar-refractivity contribution in [2.24, 2.45) is 0 Å². The molecule has 0 unspecified atom stereocenters. The first-order valence-corrected chi connectivity index (χ1v) is 10.2. The molecule has 1 aliphatic carbocycles. The highest BCUT2D eigenvalue weighted by Gasteiger charge is 2.42. The van der Waals surface area contributed by atoms with Gasteiger partial charge in [-0.05, 0) is 30.5 Å². The van der Waals surface area contributed by atoms with E-state index in [0.717, 1.165) is 31.5 Å². The van der Waals surface area contributed by atoms with E-state index in [1.54, 1.807) is 12.1 Å². The van der Waals surface area contributed by atoms with Crippen LogP contribution in [0.2, 0.25) is 5.02 Å². The minimum absolute atomic E-state index is 0.0808. The van der Waals surface area contributed by atoms with E-state index in [0.29, 0.717) is 30.7 Å². The first-order valence-electron chi connectivity index (χ1n) is 9.84. The van der Waals surface area contributed by atoms with Crippen LogP contribution in [-0.2, 0) is 20.9 Å². The smallest absolute Gasteiger partial charge is 0.247 e. The van der Waals surface area contributed by atoms with Gasteiger partial charge in [0.2, 0.25) is 17.7 Å². The van der Waals surface area contributed by atoms with E-state index in [9.17, 15) is 14.4 Å². The lowest BCUT2D eigenvalue weighted by molar-refractivity contribution is -0.140. The summed E-state index contributed by atoms with van der Waals surface area (Å²) in [5.74, 6) is -0.173. The topological polar surface area (TPSA) is 73.0 Å². The summed E-state index contributed by atoms with van der Waals surface area (Å²) >= 11 is 5.90. The third-order valence-corrected chi connectivity index (χ3v) is 5.88. The molecule has 150 valence electrons. The SMILES string of the molecule is O=C(CN1CCN([C@@H]2CC(=O)N(Cc3ccc(Cl)cc3)C2=O)CC1)NC1CC1. The van der Waals surface area contributed by atoms with Gasteiger partial charge in [-0.15, -0.1) is 0 Å². The van der Waals surface area contributed by atoms with Crippen LogP contribution in [0.3, 0.4) is 0 Å². The third-order valence-electron chi connectivity index (χ3n) is 5.63. The van der Waals surface area contributed by atoms with Crippen LogP contribution in [0.25, 0.3) is 0 Å². The normalized spacial score (nSPS) is 24.0. The van der Waals surface area contributed by atoms with E-state index in [4.69, 9.17) is 11.6 Å². The minimum Gasteiger partial charge on any atom is -0.352 e. The van der Waals surface area contributed by atoms with Crippen LogP contribution in [0.1, 0.15) is 24.8 Å². The Kier molecular flexibility index (Phi) is 5.66. The second-order valence-electron chi connectivity index (χ2n) is 7.82. The number of hydrogen-bond acceptors (Lipinski definition) is 5. The predicted octanol–water partition coefficient (Wildman–Crippen LogP) is 0.864. The van der Waals surface area contributed by atoms with E-state index >= 15 is 0 Å². The number of hydrogen-bond donors (Lipinski definition) is 1. The number of likely N-dealkylation sites (tertiary alicyclic amines) is 1. The highest BCUT2D eigenvalue weighted by molar-refractivity contribution is 6.30. The molecule has 1 N–H and O–H groups in total. The lowest BCUT2D eigenvalue weighted by atomic mass is 10.1. The van der Waals surface area contributed by atoms with Crippen LogP contribution in [0.5, 0.6) is 0 Å². The summed E-state index contributed by atoms with van der Waals surface area (Å²) in [6.45, 7) is 3.53. The maximum Gasteiger partial charge on any atom is 0.247 e. The molecule has 1 atom stereocenters. The summed E-state index contributed by atoms with van der Waals surface area (Å²) in [6, 6.07) is 7.18. The van der Waals surface area contributed by atoms with Gasteiger partial charge in [0.1, 0.15) is 0 Å². The molecule has 0 bridgehead atoms. The highest BCUT2D eigenvalue weighted by Crippen LogP contribution is 2.23. The quantitative estimate of drug-likeness (QED) is 0.712. The molecule has 2 saturated heterocycles. The number of piperazine rings is 1. The molecule has 2 aliphatic heterocycles. The second kappa shape index (κ2) is 8.19. The van der Waals surface area contributed by atoms with E-state index in [1.807, 2.05) is 12.1 Å². The molecular weight excluding hydrogens is 380 g/mol. The van der Waals surface area contributed by atoms with Gasteiger partial charge in [-0.25, -0.2) is 0 Å². The Morgan fingerprint density at radius 2 is 1.75 bits per heavy atom. The molecule has 0 radical (unpaired) electrons. The van der Waals surface area contributed by atoms with Crippen LogP contribution in [-0.4, -0.2) is 77.2 Å². The number of nitrogens with one attached hydrogen (secondary N) is 1. The molecule has 0 spiro atoms. The van der Waals surface area contributed by atoms with Crippen LogP contribution < -0.4 is 5.32 Å². The van der Waals surface area contributed by atoms with Crippen molar-refractivity contribution in [3.05, 3.63) is 34.9 Å². The number of benzene rings is 1. The Balaban J connectivity index is 1.29. The molecule has 3 aliphatic rings. The monoisotopic (exact) mass is 404 g/mol. The summed E-state index contributed by atoms with van der Waals surface area (Å²) in [4.78, 5) is 42.7. The maximum atomic E-state index is 12.8. The van der Waals surface area contributed by atoms with Crippen molar-refractivity contribution in [3.8, 4) is 0 Å². The van der Waals surface area contributed by atoms with Gasteiger partial charge in [0, 0.05) is 37.2 Å². The molecule has 1 aromatic rings. The predicted molar refractivity (Wildman–Crippen MR) is 105 cm³/mol. The van der Waals surface area contributed by atoms with Crippen molar-refractivity contribution in [1.29, 1.82) is 0 Å². The average molecular weight is 405 g/mol. The first kappa shape index (κ1) is 19.4. The molecule has 8 heteroatoms. The van der Waals surface area contributed by atoms with Crippen LogP contribution in [0, 0.1) is 0 Å². The van der Waals surface area contributed by atoms with Crippen LogP contribution >= 0.6 is 11.6 Å². The fourth-order valence-corrected chi connectivity index (χ4v) is 3.95. The Labute approximate surface area is 169 Å². The highest BCUT2D eigenvalue weighted by atomic mass is 35.5. The lowest BCUT2D eigenvalue weighted by Gasteiger charge is -2.36. The third kappa shape index (κ3) is 4.54. The van der Waals surface area contributed by atoms with Crippen molar-refractivity contribution in [1.82, 2.24) is 20.0 Å². The Morgan fingerprint density at radius 1 is 1.07 bits per heavy atom. The van der Waals surface area contributed by atoms with Gasteiger partial charge in [0.05, 0.1) is 25.6 Å². The van der Waals surface area contributed by atoms with Crippen LogP contribution in [0.15, 0.2) is 24.3 Å². The fourth-order valence-electron chi connectivity index (χ4n) is 3.83. The summed E-state index contributed by atoms with van der Waals surface area (Å²) < 4.78 is 0. The zero-order valence-corrected chi connectivity index (χ0v) is 16.5. The van der Waals surface area contributed by atoms with Crippen molar-refractivity contribution in [3.63, 3.8) is 0 Å². The largest absolute Gasteiger partial charge is 0.352 e. The van der Waals surface area contributed by atoms with Gasteiger partial charge in [-0.1, -0.05) is 23.7 Å². The number of nitrogens with zero attached hydrogens (tertiary/aromatic N) is 3. The number of halogens is 1. The second-order valence-corrected chi connectivity index (χ2v) is 8.25. The molecule has 4 rings (SSSR count).